The topological polar surface area (TPSA) is 3.24 Å². The molecule has 0 N–H and O–H groups in total. The van der Waals surface area contributed by atoms with Gasteiger partial charge in [-0.15, -0.1) is 0 Å². The standard InChI is InChI=1S/C6H18NSi2.Hf/c1-8(2,3)7-9(4,5)6;/h1-6H3;/q-1;+1. The summed E-state index contributed by atoms with van der Waals surface area (Å²) in [6.07, 6.45) is 0. The van der Waals surface area contributed by atoms with Crippen LogP contribution in [0, 0.1) is 0 Å². The Hall–Kier alpha value is 1.26. The molecule has 0 aliphatic carbocycles. The molecule has 0 radical (unpaired) electrons. The summed E-state index contributed by atoms with van der Waals surface area (Å²) in [5, 5.41) is 0. The van der Waals surface area contributed by atoms with Crippen LogP contribution in [0.4, 0.5) is 0 Å². The second kappa shape index (κ2) is 3.33. The molecule has 0 heterocycles. The fraction of sp³-hybridized carbons (Fsp3) is 1.00. The molecule has 0 saturated heterocycles. The van der Waals surface area contributed by atoms with Gasteiger partial charge in [-0.2, -0.15) is 0 Å². The molecule has 0 amide bonds. The zero-order chi connectivity index (χ0) is 8.58. The molecule has 0 aromatic carbocycles. The van der Waals surface area contributed by atoms with Crippen LogP contribution < -0.4 is 0 Å². The van der Waals surface area contributed by atoms with Crippen molar-refractivity contribution in [1.82, 2.24) is 2.22 Å². The molecule has 0 fully saturated rings. The van der Waals surface area contributed by atoms with Crippen molar-refractivity contribution < 1.29 is 24.7 Å². The molecule has 4 heteroatoms. The van der Waals surface area contributed by atoms with E-state index in [2.05, 4.69) is 41.5 Å². The molecular formula is C6H18HfNSi2. The zero-order valence-electron chi connectivity index (χ0n) is 7.95. The van der Waals surface area contributed by atoms with E-state index in [0.717, 1.165) is 0 Å². The molecule has 0 aromatic heterocycles. The normalized spacial score (nSPS) is 14.2. The van der Waals surface area contributed by atoms with E-state index < -0.39 is 16.5 Å². The van der Waals surface area contributed by atoms with Crippen LogP contribution in [0.2, 0.25) is 39.3 Å². The van der Waals surface area contributed by atoms with Gasteiger partial charge < -0.3 is 0 Å². The first-order chi connectivity index (χ1) is 4.15. The minimum absolute atomic E-state index is 0.939. The summed E-state index contributed by atoms with van der Waals surface area (Å²) in [4.78, 5) is 0. The van der Waals surface area contributed by atoms with Crippen molar-refractivity contribution in [1.29, 1.82) is 0 Å². The van der Waals surface area contributed by atoms with E-state index in [9.17, 15) is 0 Å². The molecule has 1 nitrogen and oxygen atoms in total. The van der Waals surface area contributed by atoms with Gasteiger partial charge in [0.15, 0.2) is 0 Å². The summed E-state index contributed by atoms with van der Waals surface area (Å²) in [7, 11) is -1.88. The molecule has 0 aromatic rings. The number of nitrogens with zero attached hydrogens (tertiary/aromatic N) is 1. The Morgan fingerprint density at radius 3 is 1.00 bits per heavy atom. The summed E-state index contributed by atoms with van der Waals surface area (Å²) in [6.45, 7) is 14.7. The first kappa shape index (κ1) is 11.3. The molecule has 0 atom stereocenters. The monoisotopic (exact) mass is 340 g/mol. The van der Waals surface area contributed by atoms with E-state index in [1.54, 1.807) is 0 Å². The third-order valence-electron chi connectivity index (χ3n) is 1.34. The van der Waals surface area contributed by atoms with Gasteiger partial charge in [0, 0.05) is 0 Å². The van der Waals surface area contributed by atoms with Crippen LogP contribution in [0.3, 0.4) is 0 Å². The van der Waals surface area contributed by atoms with Gasteiger partial charge in [0.05, 0.1) is 0 Å². The average Bonchev–Trinajstić information content (AvgIpc) is 1.59. The number of hydrogen-bond donors (Lipinski definition) is 0. The minimum atomic E-state index is -0.939. The summed E-state index contributed by atoms with van der Waals surface area (Å²) in [5.74, 6) is 0. The van der Waals surface area contributed by atoms with Gasteiger partial charge in [0.2, 0.25) is 0 Å². The summed E-state index contributed by atoms with van der Waals surface area (Å²) in [5.41, 5.74) is 0. The van der Waals surface area contributed by atoms with E-state index in [1.807, 2.05) is 0 Å². The van der Waals surface area contributed by atoms with Gasteiger partial charge in [0.1, 0.15) is 0 Å². The predicted octanol–water partition coefficient (Wildman–Crippen LogP) is 2.42. The summed E-state index contributed by atoms with van der Waals surface area (Å²) >= 11 is 1.26. The number of rotatable bonds is 2. The second-order valence-electron chi connectivity index (χ2n) is 4.68. The average molecular weight is 339 g/mol. The Kier molecular flexibility index (Phi) is 3.75. The van der Waals surface area contributed by atoms with Gasteiger partial charge >= 0.3 is 82.6 Å². The summed E-state index contributed by atoms with van der Waals surface area (Å²) in [6, 6.07) is 0. The molecule has 0 aliphatic rings. The Labute approximate surface area is 82.3 Å². The van der Waals surface area contributed by atoms with Crippen molar-refractivity contribution >= 4 is 16.5 Å². The van der Waals surface area contributed by atoms with Crippen molar-refractivity contribution in [3.8, 4) is 0 Å². The quantitative estimate of drug-likeness (QED) is 0.699. The van der Waals surface area contributed by atoms with Crippen LogP contribution in [0.5, 0.6) is 0 Å². The van der Waals surface area contributed by atoms with Gasteiger partial charge in [-0.25, -0.2) is 0 Å². The van der Waals surface area contributed by atoms with Crippen molar-refractivity contribution in [2.24, 2.45) is 0 Å². The van der Waals surface area contributed by atoms with E-state index >= 15 is 0 Å². The fourth-order valence-corrected chi connectivity index (χ4v) is 9.06. The van der Waals surface area contributed by atoms with E-state index in [1.165, 1.54) is 24.7 Å². The Morgan fingerprint density at radius 1 is 0.800 bits per heavy atom. The SMILES string of the molecule is C[Si](C)(C)[N]([Hf])[Si](C)(C)C. The summed E-state index contributed by atoms with van der Waals surface area (Å²) < 4.78 is 2.79. The first-order valence-corrected chi connectivity index (χ1v) is 12.2. The van der Waals surface area contributed by atoms with Crippen LogP contribution >= 0.6 is 0 Å². The van der Waals surface area contributed by atoms with E-state index in [4.69, 9.17) is 0 Å². The molecule has 0 aliphatic heterocycles. The molecule has 0 saturated carbocycles. The van der Waals surface area contributed by atoms with Crippen LogP contribution in [0.25, 0.3) is 0 Å². The first-order valence-electron chi connectivity index (χ1n) is 3.67. The molecule has 0 spiro atoms. The van der Waals surface area contributed by atoms with Crippen molar-refractivity contribution in [3.63, 3.8) is 0 Å². The van der Waals surface area contributed by atoms with Crippen LogP contribution in [0.1, 0.15) is 0 Å². The maximum atomic E-state index is 2.79. The zero-order valence-corrected chi connectivity index (χ0v) is 13.5. The molecule has 0 unspecified atom stereocenters. The molecule has 0 bridgehead atoms. The van der Waals surface area contributed by atoms with Crippen LogP contribution in [-0.2, 0) is 24.7 Å². The third kappa shape index (κ3) is 3.60. The number of hydrogen-bond acceptors (Lipinski definition) is 1. The molecule has 59 valence electrons. The third-order valence-corrected chi connectivity index (χ3v) is 22.5. The van der Waals surface area contributed by atoms with Crippen LogP contribution in [0.15, 0.2) is 0 Å². The van der Waals surface area contributed by atoms with Gasteiger partial charge in [-0.05, 0) is 0 Å². The van der Waals surface area contributed by atoms with E-state index in [-0.39, 0.29) is 0 Å². The second-order valence-corrected chi connectivity index (χ2v) is 19.5. The van der Waals surface area contributed by atoms with Crippen LogP contribution in [-0.4, -0.2) is 18.7 Å². The van der Waals surface area contributed by atoms with E-state index in [0.29, 0.717) is 0 Å². The molecular weight excluding hydrogens is 321 g/mol. The molecule has 0 rings (SSSR count). The van der Waals surface area contributed by atoms with Gasteiger partial charge in [0.25, 0.3) is 0 Å². The predicted molar refractivity (Wildman–Crippen MR) is 48.5 cm³/mol. The van der Waals surface area contributed by atoms with Crippen molar-refractivity contribution in [2.45, 2.75) is 39.3 Å². The van der Waals surface area contributed by atoms with Gasteiger partial charge in [-0.1, -0.05) is 0 Å². The van der Waals surface area contributed by atoms with Crippen molar-refractivity contribution in [3.05, 3.63) is 0 Å². The Bertz CT molecular complexity index is 99.9. The Morgan fingerprint density at radius 2 is 1.00 bits per heavy atom. The molecule has 10 heavy (non-hydrogen) atoms. The fourth-order valence-electron chi connectivity index (χ4n) is 1.01. The maximum absolute atomic E-state index is 2.79. The van der Waals surface area contributed by atoms with Gasteiger partial charge in [-0.3, -0.25) is 0 Å². The van der Waals surface area contributed by atoms with Crippen molar-refractivity contribution in [2.75, 3.05) is 0 Å². The Balaban J connectivity index is 4.23.